The second kappa shape index (κ2) is 6.40. The van der Waals surface area contributed by atoms with Crippen molar-refractivity contribution in [3.8, 4) is 0 Å². The molecule has 2 N–H and O–H groups in total. The fourth-order valence-electron chi connectivity index (χ4n) is 0.963. The summed E-state index contributed by atoms with van der Waals surface area (Å²) in [5.74, 6) is -0.0139. The largest absolute Gasteiger partial charge is 0.324 e. The van der Waals surface area contributed by atoms with Gasteiger partial charge < -0.3 is 5.73 Å². The number of carbonyl (C=O) groups is 1. The van der Waals surface area contributed by atoms with Crippen LogP contribution in [0.4, 0.5) is 0 Å². The molecule has 78 valence electrons. The first kappa shape index (κ1) is 13.9. The summed E-state index contributed by atoms with van der Waals surface area (Å²) in [6.45, 7) is 0.0584. The van der Waals surface area contributed by atoms with Crippen LogP contribution in [0.1, 0.15) is 5.56 Å². The summed E-state index contributed by atoms with van der Waals surface area (Å²) in [5.41, 5.74) is 6.02. The Hall–Kier alpha value is -0.0900. The van der Waals surface area contributed by atoms with Crippen molar-refractivity contribution in [1.82, 2.24) is 0 Å². The number of carbonyl (C=O) groups excluding carboxylic acids is 1. The Morgan fingerprint density at radius 3 is 2.71 bits per heavy atom. The van der Waals surface area contributed by atoms with Gasteiger partial charge in [-0.05, 0) is 23.8 Å². The van der Waals surface area contributed by atoms with Crippen molar-refractivity contribution >= 4 is 45.7 Å². The van der Waals surface area contributed by atoms with E-state index in [0.29, 0.717) is 11.4 Å². The van der Waals surface area contributed by atoms with E-state index in [1.165, 1.54) is 0 Å². The molecule has 1 rings (SSSR count). The van der Waals surface area contributed by atoms with Crippen LogP contribution in [0.3, 0.4) is 0 Å². The standard InChI is InChI=1S/C9H9BrClNO.ClH/c10-7-1-2-9(11)6(3-7)4-8(13)5-12;/h1-3H,4-5,12H2;1H. The van der Waals surface area contributed by atoms with Gasteiger partial charge in [-0.3, -0.25) is 4.79 Å². The number of hydrogen-bond donors (Lipinski definition) is 1. The molecule has 0 atom stereocenters. The topological polar surface area (TPSA) is 43.1 Å². The molecule has 14 heavy (non-hydrogen) atoms. The molecule has 0 aliphatic heterocycles. The smallest absolute Gasteiger partial charge is 0.150 e. The molecule has 0 heterocycles. The van der Waals surface area contributed by atoms with Crippen LogP contribution in [-0.4, -0.2) is 12.3 Å². The van der Waals surface area contributed by atoms with Gasteiger partial charge in [0, 0.05) is 15.9 Å². The third-order valence-corrected chi connectivity index (χ3v) is 2.49. The van der Waals surface area contributed by atoms with E-state index in [1.807, 2.05) is 12.1 Å². The number of rotatable bonds is 3. The van der Waals surface area contributed by atoms with Gasteiger partial charge in [0.2, 0.25) is 0 Å². The van der Waals surface area contributed by atoms with Gasteiger partial charge in [-0.15, -0.1) is 12.4 Å². The predicted octanol–water partition coefficient (Wildman–Crippen LogP) is 2.59. The van der Waals surface area contributed by atoms with E-state index in [4.69, 9.17) is 17.3 Å². The average molecular weight is 299 g/mol. The predicted molar refractivity (Wildman–Crippen MR) is 64.2 cm³/mol. The van der Waals surface area contributed by atoms with Crippen molar-refractivity contribution in [2.24, 2.45) is 5.73 Å². The molecule has 0 fully saturated rings. The molecular formula is C9H10BrCl2NO. The summed E-state index contributed by atoms with van der Waals surface area (Å²) in [6.07, 6.45) is 0.300. The molecule has 0 aromatic heterocycles. The van der Waals surface area contributed by atoms with Gasteiger partial charge in [-0.2, -0.15) is 0 Å². The normalized spacial score (nSPS) is 9.36. The quantitative estimate of drug-likeness (QED) is 0.932. The lowest BCUT2D eigenvalue weighted by molar-refractivity contribution is -0.117. The molecule has 1 aromatic carbocycles. The first-order valence-electron chi connectivity index (χ1n) is 3.79. The fourth-order valence-corrected chi connectivity index (χ4v) is 1.56. The maximum Gasteiger partial charge on any atom is 0.150 e. The van der Waals surface area contributed by atoms with E-state index in [1.54, 1.807) is 6.07 Å². The van der Waals surface area contributed by atoms with Gasteiger partial charge in [-0.1, -0.05) is 27.5 Å². The van der Waals surface area contributed by atoms with Crippen LogP contribution in [0, 0.1) is 0 Å². The number of nitrogens with two attached hydrogens (primary N) is 1. The van der Waals surface area contributed by atoms with E-state index in [2.05, 4.69) is 15.9 Å². The van der Waals surface area contributed by atoms with E-state index < -0.39 is 0 Å². The maximum absolute atomic E-state index is 11.0. The Morgan fingerprint density at radius 2 is 2.14 bits per heavy atom. The minimum Gasteiger partial charge on any atom is -0.324 e. The van der Waals surface area contributed by atoms with Gasteiger partial charge in [0.15, 0.2) is 5.78 Å². The lowest BCUT2D eigenvalue weighted by Gasteiger charge is -2.02. The second-order valence-electron chi connectivity index (χ2n) is 2.66. The summed E-state index contributed by atoms with van der Waals surface area (Å²) < 4.78 is 0.914. The van der Waals surface area contributed by atoms with E-state index in [-0.39, 0.29) is 24.7 Å². The fraction of sp³-hybridized carbons (Fsp3) is 0.222. The van der Waals surface area contributed by atoms with Crippen molar-refractivity contribution in [3.05, 3.63) is 33.3 Å². The van der Waals surface area contributed by atoms with Gasteiger partial charge in [-0.25, -0.2) is 0 Å². The van der Waals surface area contributed by atoms with E-state index >= 15 is 0 Å². The van der Waals surface area contributed by atoms with Gasteiger partial charge in [0.05, 0.1) is 6.54 Å². The van der Waals surface area contributed by atoms with Crippen LogP contribution in [0.5, 0.6) is 0 Å². The highest BCUT2D eigenvalue weighted by molar-refractivity contribution is 9.10. The minimum absolute atomic E-state index is 0. The number of halogens is 3. The second-order valence-corrected chi connectivity index (χ2v) is 3.98. The van der Waals surface area contributed by atoms with Crippen molar-refractivity contribution < 1.29 is 4.79 Å². The summed E-state index contributed by atoms with van der Waals surface area (Å²) in [6, 6.07) is 5.42. The molecule has 0 aliphatic carbocycles. The monoisotopic (exact) mass is 297 g/mol. The molecule has 0 aliphatic rings. The molecular weight excluding hydrogens is 289 g/mol. The first-order chi connectivity index (χ1) is 6.13. The number of Topliss-reactive ketones (excluding diaryl/α,β-unsaturated/α-hetero) is 1. The van der Waals surface area contributed by atoms with Crippen molar-refractivity contribution in [1.29, 1.82) is 0 Å². The number of hydrogen-bond acceptors (Lipinski definition) is 2. The Kier molecular flexibility index (Phi) is 6.36. The molecule has 0 amide bonds. The molecule has 0 saturated carbocycles. The molecule has 5 heteroatoms. The highest BCUT2D eigenvalue weighted by Gasteiger charge is 2.05. The zero-order valence-electron chi connectivity index (χ0n) is 7.30. The highest BCUT2D eigenvalue weighted by atomic mass is 79.9. The minimum atomic E-state index is -0.0139. The Labute approximate surface area is 102 Å². The molecule has 0 saturated heterocycles. The zero-order chi connectivity index (χ0) is 9.84. The summed E-state index contributed by atoms with van der Waals surface area (Å²) in [5, 5.41) is 0.602. The van der Waals surface area contributed by atoms with Gasteiger partial charge in [0.1, 0.15) is 0 Å². The van der Waals surface area contributed by atoms with Crippen LogP contribution in [0.15, 0.2) is 22.7 Å². The summed E-state index contributed by atoms with van der Waals surface area (Å²) in [4.78, 5) is 11.0. The van der Waals surface area contributed by atoms with E-state index in [0.717, 1.165) is 10.0 Å². The molecule has 1 aromatic rings. The molecule has 0 radical (unpaired) electrons. The molecule has 0 bridgehead atoms. The number of benzene rings is 1. The lowest BCUT2D eigenvalue weighted by Crippen LogP contribution is -2.15. The van der Waals surface area contributed by atoms with Crippen LogP contribution in [0.2, 0.25) is 5.02 Å². The van der Waals surface area contributed by atoms with Crippen molar-refractivity contribution in [2.45, 2.75) is 6.42 Å². The molecule has 0 spiro atoms. The Balaban J connectivity index is 0.00000169. The first-order valence-corrected chi connectivity index (χ1v) is 4.96. The number of ketones is 1. The molecule has 0 unspecified atom stereocenters. The lowest BCUT2D eigenvalue weighted by atomic mass is 10.1. The van der Waals surface area contributed by atoms with Crippen LogP contribution in [0.25, 0.3) is 0 Å². The van der Waals surface area contributed by atoms with Crippen LogP contribution < -0.4 is 5.73 Å². The Bertz CT molecular complexity index is 331. The van der Waals surface area contributed by atoms with E-state index in [9.17, 15) is 4.79 Å². The zero-order valence-corrected chi connectivity index (χ0v) is 10.5. The maximum atomic E-state index is 11.0. The SMILES string of the molecule is Cl.NCC(=O)Cc1cc(Br)ccc1Cl. The third-order valence-electron chi connectivity index (χ3n) is 1.62. The van der Waals surface area contributed by atoms with Crippen molar-refractivity contribution in [3.63, 3.8) is 0 Å². The summed E-state index contributed by atoms with van der Waals surface area (Å²) >= 11 is 9.19. The third kappa shape index (κ3) is 3.96. The van der Waals surface area contributed by atoms with Crippen molar-refractivity contribution in [2.75, 3.05) is 6.54 Å². The Morgan fingerprint density at radius 1 is 1.50 bits per heavy atom. The highest BCUT2D eigenvalue weighted by Crippen LogP contribution is 2.21. The average Bonchev–Trinajstić information content (AvgIpc) is 2.11. The summed E-state index contributed by atoms with van der Waals surface area (Å²) in [7, 11) is 0. The van der Waals surface area contributed by atoms with Gasteiger partial charge >= 0.3 is 0 Å². The van der Waals surface area contributed by atoms with Crippen LogP contribution in [-0.2, 0) is 11.2 Å². The van der Waals surface area contributed by atoms with Crippen LogP contribution >= 0.6 is 39.9 Å². The van der Waals surface area contributed by atoms with Gasteiger partial charge in [0.25, 0.3) is 0 Å². The molecule has 2 nitrogen and oxygen atoms in total.